The number of rotatable bonds is 3. The van der Waals surface area contributed by atoms with Gasteiger partial charge in [-0.1, -0.05) is 36.4 Å². The van der Waals surface area contributed by atoms with Crippen LogP contribution in [0.5, 0.6) is 17.2 Å². The molecule has 0 aromatic heterocycles. The topological polar surface area (TPSA) is 72.4 Å². The lowest BCUT2D eigenvalue weighted by Crippen LogP contribution is -2.55. The number of hydrogen-bond acceptors (Lipinski definition) is 6. The first kappa shape index (κ1) is 18.7. The molecule has 160 valence electrons. The maximum Gasteiger partial charge on any atom is 0.306 e. The molecule has 32 heavy (non-hydrogen) atoms. The van der Waals surface area contributed by atoms with Gasteiger partial charge in [0.2, 0.25) is 0 Å². The fraction of sp³-hybridized carbons (Fsp3) is 0.200. The highest BCUT2D eigenvalue weighted by Crippen LogP contribution is 2.54. The molecule has 7 nitrogen and oxygen atoms in total. The molecule has 1 N–H and O–H groups in total. The number of amides is 1. The first-order valence-electron chi connectivity index (χ1n) is 10.4. The standard InChI is InChI=1S/C25H21N3O4/c1-30-22-12-11-15(13-23(22)31-2)19-14-20-16-7-3-6-10-21(16)32-25(28(20)27-19)17-8-4-5-9-18(17)26-24(25)29/h3-13,20H,14H2,1-2H3,(H,26,29)/t20-,25+/m1/s1. The molecule has 7 heteroatoms. The van der Waals surface area contributed by atoms with Crippen LogP contribution in [-0.2, 0) is 10.5 Å². The number of carbonyl (C=O) groups excluding carboxylic acids is 1. The second-order valence-corrected chi connectivity index (χ2v) is 7.96. The molecule has 0 bridgehead atoms. The van der Waals surface area contributed by atoms with E-state index in [1.165, 1.54) is 0 Å². The van der Waals surface area contributed by atoms with Crippen molar-refractivity contribution in [3.05, 3.63) is 83.4 Å². The molecule has 1 spiro atoms. The van der Waals surface area contributed by atoms with Gasteiger partial charge in [-0.2, -0.15) is 5.10 Å². The van der Waals surface area contributed by atoms with Gasteiger partial charge in [-0.25, -0.2) is 5.01 Å². The molecule has 0 saturated carbocycles. The Morgan fingerprint density at radius 2 is 1.81 bits per heavy atom. The van der Waals surface area contributed by atoms with Crippen molar-refractivity contribution in [1.82, 2.24) is 5.01 Å². The van der Waals surface area contributed by atoms with Crippen LogP contribution in [0.4, 0.5) is 5.69 Å². The third kappa shape index (κ3) is 2.42. The van der Waals surface area contributed by atoms with Crippen LogP contribution in [0.25, 0.3) is 0 Å². The highest BCUT2D eigenvalue weighted by Gasteiger charge is 2.60. The Labute approximate surface area is 185 Å². The molecule has 1 amide bonds. The Morgan fingerprint density at radius 1 is 1.03 bits per heavy atom. The molecule has 0 saturated heterocycles. The van der Waals surface area contributed by atoms with Crippen LogP contribution < -0.4 is 19.5 Å². The minimum absolute atomic E-state index is 0.139. The largest absolute Gasteiger partial charge is 0.493 e. The summed E-state index contributed by atoms with van der Waals surface area (Å²) in [5.74, 6) is 1.74. The summed E-state index contributed by atoms with van der Waals surface area (Å²) >= 11 is 0. The van der Waals surface area contributed by atoms with E-state index in [1.54, 1.807) is 14.2 Å². The average molecular weight is 427 g/mol. The number of carbonyl (C=O) groups is 1. The fourth-order valence-electron chi connectivity index (χ4n) is 4.83. The summed E-state index contributed by atoms with van der Waals surface area (Å²) in [7, 11) is 3.22. The minimum Gasteiger partial charge on any atom is -0.493 e. The molecule has 6 rings (SSSR count). The number of nitrogens with zero attached hydrogens (tertiary/aromatic N) is 2. The van der Waals surface area contributed by atoms with Crippen LogP contribution in [-0.4, -0.2) is 30.8 Å². The zero-order valence-corrected chi connectivity index (χ0v) is 17.7. The van der Waals surface area contributed by atoms with Crippen molar-refractivity contribution >= 4 is 17.3 Å². The van der Waals surface area contributed by atoms with Gasteiger partial charge in [0.05, 0.1) is 37.2 Å². The molecule has 3 heterocycles. The van der Waals surface area contributed by atoms with E-state index in [0.717, 1.165) is 28.1 Å². The van der Waals surface area contributed by atoms with Crippen molar-refractivity contribution in [3.63, 3.8) is 0 Å². The number of methoxy groups -OCH3 is 2. The van der Waals surface area contributed by atoms with E-state index < -0.39 is 5.72 Å². The Kier molecular flexibility index (Phi) is 3.95. The number of nitrogens with one attached hydrogen (secondary N) is 1. The van der Waals surface area contributed by atoms with Crippen molar-refractivity contribution in [2.75, 3.05) is 19.5 Å². The predicted molar refractivity (Wildman–Crippen MR) is 119 cm³/mol. The number of ether oxygens (including phenoxy) is 3. The molecule has 0 aliphatic carbocycles. The summed E-state index contributed by atoms with van der Waals surface area (Å²) in [5.41, 5.74) is 2.93. The smallest absolute Gasteiger partial charge is 0.306 e. The number of hydrazone groups is 1. The Morgan fingerprint density at radius 3 is 2.66 bits per heavy atom. The lowest BCUT2D eigenvalue weighted by molar-refractivity contribution is -0.161. The van der Waals surface area contributed by atoms with Crippen molar-refractivity contribution in [3.8, 4) is 17.2 Å². The van der Waals surface area contributed by atoms with Gasteiger partial charge < -0.3 is 19.5 Å². The van der Waals surface area contributed by atoms with E-state index in [2.05, 4.69) is 5.32 Å². The molecular formula is C25H21N3O4. The number of hydrogen-bond donors (Lipinski definition) is 1. The zero-order valence-electron chi connectivity index (χ0n) is 17.7. The number of anilines is 1. The fourth-order valence-corrected chi connectivity index (χ4v) is 4.83. The van der Waals surface area contributed by atoms with Gasteiger partial charge in [0.15, 0.2) is 11.5 Å². The monoisotopic (exact) mass is 427 g/mol. The second-order valence-electron chi connectivity index (χ2n) is 7.96. The first-order chi connectivity index (χ1) is 15.7. The van der Waals surface area contributed by atoms with Gasteiger partial charge in [-0.05, 0) is 30.3 Å². The van der Waals surface area contributed by atoms with E-state index in [-0.39, 0.29) is 11.9 Å². The maximum absolute atomic E-state index is 13.4. The SMILES string of the molecule is COc1ccc(C2=NN3[C@H](C2)c2ccccc2O[C@@]32C(=O)Nc3ccccc32)cc1OC. The number of fused-ring (bicyclic) bond motifs is 6. The number of benzene rings is 3. The van der Waals surface area contributed by atoms with E-state index in [4.69, 9.17) is 19.3 Å². The van der Waals surface area contributed by atoms with E-state index in [9.17, 15) is 4.79 Å². The minimum atomic E-state index is -1.35. The molecule has 0 fully saturated rings. The van der Waals surface area contributed by atoms with Crippen LogP contribution in [0.1, 0.15) is 29.2 Å². The van der Waals surface area contributed by atoms with E-state index >= 15 is 0 Å². The number of para-hydroxylation sites is 2. The molecule has 3 aromatic carbocycles. The van der Waals surface area contributed by atoms with Crippen LogP contribution in [0.15, 0.2) is 71.8 Å². The lowest BCUT2D eigenvalue weighted by Gasteiger charge is -2.43. The van der Waals surface area contributed by atoms with Crippen LogP contribution in [0.3, 0.4) is 0 Å². The average Bonchev–Trinajstić information content (AvgIpc) is 3.40. The third-order valence-electron chi connectivity index (χ3n) is 6.33. The first-order valence-corrected chi connectivity index (χ1v) is 10.4. The van der Waals surface area contributed by atoms with Gasteiger partial charge in [0, 0.05) is 17.5 Å². The summed E-state index contributed by atoms with van der Waals surface area (Å²) in [4.78, 5) is 13.4. The van der Waals surface area contributed by atoms with Crippen molar-refractivity contribution in [1.29, 1.82) is 0 Å². The molecule has 3 aromatic rings. The molecular weight excluding hydrogens is 406 g/mol. The quantitative estimate of drug-likeness (QED) is 0.683. The summed E-state index contributed by atoms with van der Waals surface area (Å²) in [6, 6.07) is 21.1. The zero-order chi connectivity index (χ0) is 21.9. The summed E-state index contributed by atoms with van der Waals surface area (Å²) < 4.78 is 17.3. The lowest BCUT2D eigenvalue weighted by atomic mass is 9.92. The van der Waals surface area contributed by atoms with Gasteiger partial charge in [0.1, 0.15) is 5.75 Å². The van der Waals surface area contributed by atoms with Crippen LogP contribution in [0, 0.1) is 0 Å². The highest BCUT2D eigenvalue weighted by molar-refractivity contribution is 6.07. The van der Waals surface area contributed by atoms with Gasteiger partial charge in [-0.15, -0.1) is 0 Å². The predicted octanol–water partition coefficient (Wildman–Crippen LogP) is 4.05. The molecule has 0 radical (unpaired) electrons. The van der Waals surface area contributed by atoms with E-state index in [0.29, 0.717) is 23.7 Å². The van der Waals surface area contributed by atoms with E-state index in [1.807, 2.05) is 71.7 Å². The summed E-state index contributed by atoms with van der Waals surface area (Å²) in [6.45, 7) is 0. The van der Waals surface area contributed by atoms with Crippen molar-refractivity contribution in [2.24, 2.45) is 5.10 Å². The van der Waals surface area contributed by atoms with Crippen LogP contribution in [0.2, 0.25) is 0 Å². The third-order valence-corrected chi connectivity index (χ3v) is 6.33. The summed E-state index contributed by atoms with van der Waals surface area (Å²) in [5, 5.41) is 9.76. The molecule has 3 aliphatic rings. The Bertz CT molecular complexity index is 1290. The molecule has 3 aliphatic heterocycles. The van der Waals surface area contributed by atoms with Crippen LogP contribution >= 0.6 is 0 Å². The normalized spacial score (nSPS) is 22.4. The maximum atomic E-state index is 13.4. The van der Waals surface area contributed by atoms with Crippen molar-refractivity contribution in [2.45, 2.75) is 18.2 Å². The molecule has 0 unspecified atom stereocenters. The summed E-state index contributed by atoms with van der Waals surface area (Å²) in [6.07, 6.45) is 0.632. The van der Waals surface area contributed by atoms with Gasteiger partial charge in [-0.3, -0.25) is 4.79 Å². The van der Waals surface area contributed by atoms with Gasteiger partial charge in [0.25, 0.3) is 5.91 Å². The second kappa shape index (κ2) is 6.75. The Balaban J connectivity index is 1.53. The highest BCUT2D eigenvalue weighted by atomic mass is 16.5. The van der Waals surface area contributed by atoms with Crippen molar-refractivity contribution < 1.29 is 19.0 Å². The Hall–Kier alpha value is -4.00. The molecule has 2 atom stereocenters. The van der Waals surface area contributed by atoms with Gasteiger partial charge >= 0.3 is 5.72 Å².